The van der Waals surface area contributed by atoms with Crippen LogP contribution in [0.2, 0.25) is 0 Å². The highest BCUT2D eigenvalue weighted by atomic mass is 16.6. The summed E-state index contributed by atoms with van der Waals surface area (Å²) in [6.45, 7) is 1.17. The molecule has 112 valence electrons. The Balaban J connectivity index is 1.95. The molecule has 0 amide bonds. The lowest BCUT2D eigenvalue weighted by Gasteiger charge is -2.20. The molecule has 2 aliphatic rings. The van der Waals surface area contributed by atoms with Crippen molar-refractivity contribution >= 4 is 17.3 Å². The standard InChI is InChI=1S/C14H16N2O5/c17-13-4-2-9-6-15(7-10(9)13)12-5-8(14(18)19)1-3-11(12)16(20)21/h1,3,5,9-10,13,17H,2,4,6-7H2,(H,18,19). The average molecular weight is 292 g/mol. The van der Waals surface area contributed by atoms with Crippen LogP contribution in [-0.4, -0.2) is 40.3 Å². The summed E-state index contributed by atoms with van der Waals surface area (Å²) in [7, 11) is 0. The van der Waals surface area contributed by atoms with Gasteiger partial charge in [0.05, 0.1) is 16.6 Å². The van der Waals surface area contributed by atoms with Crippen LogP contribution >= 0.6 is 0 Å². The number of nitro benzene ring substituents is 1. The Hall–Kier alpha value is -2.15. The topological polar surface area (TPSA) is 104 Å². The van der Waals surface area contributed by atoms with E-state index in [1.807, 2.05) is 4.90 Å². The molecule has 7 nitrogen and oxygen atoms in total. The van der Waals surface area contributed by atoms with Crippen LogP contribution in [0, 0.1) is 22.0 Å². The Labute approximate surface area is 121 Å². The van der Waals surface area contributed by atoms with Gasteiger partial charge in [-0.3, -0.25) is 10.1 Å². The molecular formula is C14H16N2O5. The lowest BCUT2D eigenvalue weighted by Crippen LogP contribution is -2.25. The van der Waals surface area contributed by atoms with Crippen LogP contribution < -0.4 is 4.90 Å². The summed E-state index contributed by atoms with van der Waals surface area (Å²) in [5.74, 6) is -0.656. The number of rotatable bonds is 3. The molecule has 3 unspecified atom stereocenters. The maximum absolute atomic E-state index is 11.2. The van der Waals surface area contributed by atoms with Gasteiger partial charge in [-0.05, 0) is 30.9 Å². The Morgan fingerprint density at radius 1 is 1.33 bits per heavy atom. The summed E-state index contributed by atoms with van der Waals surface area (Å²) in [5.41, 5.74) is 0.282. The van der Waals surface area contributed by atoms with Crippen molar-refractivity contribution in [1.82, 2.24) is 0 Å². The summed E-state index contributed by atoms with van der Waals surface area (Å²) < 4.78 is 0. The molecule has 0 bridgehead atoms. The molecule has 1 aromatic rings. The SMILES string of the molecule is O=C(O)c1ccc([N+](=O)[O-])c(N2CC3CCC(O)C3C2)c1. The molecule has 0 spiro atoms. The molecule has 1 aliphatic carbocycles. The summed E-state index contributed by atoms with van der Waals surface area (Å²) >= 11 is 0. The van der Waals surface area contributed by atoms with Gasteiger partial charge in [0.2, 0.25) is 0 Å². The van der Waals surface area contributed by atoms with Gasteiger partial charge in [-0.25, -0.2) is 4.79 Å². The number of nitro groups is 1. The number of nitrogens with zero attached hydrogens (tertiary/aromatic N) is 2. The average Bonchev–Trinajstić information content (AvgIpc) is 3.00. The van der Waals surface area contributed by atoms with E-state index in [0.29, 0.717) is 24.7 Å². The number of hydrogen-bond donors (Lipinski definition) is 2. The molecule has 1 aromatic carbocycles. The van der Waals surface area contributed by atoms with Gasteiger partial charge in [0, 0.05) is 25.1 Å². The van der Waals surface area contributed by atoms with Gasteiger partial charge in [-0.15, -0.1) is 0 Å². The lowest BCUT2D eigenvalue weighted by molar-refractivity contribution is -0.384. The number of hydrogen-bond acceptors (Lipinski definition) is 5. The zero-order valence-corrected chi connectivity index (χ0v) is 11.3. The highest BCUT2D eigenvalue weighted by molar-refractivity contribution is 5.90. The first-order valence-electron chi connectivity index (χ1n) is 6.92. The largest absolute Gasteiger partial charge is 0.478 e. The van der Waals surface area contributed by atoms with E-state index in [2.05, 4.69) is 0 Å². The zero-order valence-electron chi connectivity index (χ0n) is 11.3. The molecule has 3 rings (SSSR count). The van der Waals surface area contributed by atoms with Crippen molar-refractivity contribution in [3.8, 4) is 0 Å². The van der Waals surface area contributed by atoms with Crippen LogP contribution in [0.5, 0.6) is 0 Å². The molecular weight excluding hydrogens is 276 g/mol. The van der Waals surface area contributed by atoms with Crippen molar-refractivity contribution in [3.63, 3.8) is 0 Å². The minimum absolute atomic E-state index is 0.0354. The van der Waals surface area contributed by atoms with Gasteiger partial charge in [0.15, 0.2) is 0 Å². The summed E-state index contributed by atoms with van der Waals surface area (Å²) in [6, 6.07) is 3.84. The number of anilines is 1. The number of benzene rings is 1. The third-order valence-corrected chi connectivity index (χ3v) is 4.58. The second kappa shape index (κ2) is 5.00. The number of aromatic carboxylic acids is 1. The van der Waals surface area contributed by atoms with E-state index >= 15 is 0 Å². The summed E-state index contributed by atoms with van der Waals surface area (Å²) in [6.07, 6.45) is 1.33. The molecule has 0 radical (unpaired) electrons. The quantitative estimate of drug-likeness (QED) is 0.646. The van der Waals surface area contributed by atoms with E-state index in [1.54, 1.807) is 0 Å². The molecule has 7 heteroatoms. The normalized spacial score (nSPS) is 27.7. The van der Waals surface area contributed by atoms with Gasteiger partial charge in [0.25, 0.3) is 5.69 Å². The van der Waals surface area contributed by atoms with Crippen LogP contribution in [0.15, 0.2) is 18.2 Å². The fourth-order valence-corrected chi connectivity index (χ4v) is 3.50. The second-order valence-electron chi connectivity index (χ2n) is 5.74. The van der Waals surface area contributed by atoms with E-state index in [1.165, 1.54) is 18.2 Å². The van der Waals surface area contributed by atoms with Gasteiger partial charge in [0.1, 0.15) is 5.69 Å². The van der Waals surface area contributed by atoms with Gasteiger partial charge >= 0.3 is 5.97 Å². The highest BCUT2D eigenvalue weighted by Crippen LogP contribution is 2.42. The first kappa shape index (κ1) is 13.8. The molecule has 1 saturated carbocycles. The Bertz CT molecular complexity index is 603. The molecule has 2 N–H and O–H groups in total. The Kier molecular flexibility index (Phi) is 3.29. The van der Waals surface area contributed by atoms with E-state index in [4.69, 9.17) is 5.11 Å². The third-order valence-electron chi connectivity index (χ3n) is 4.58. The molecule has 3 atom stereocenters. The molecule has 0 aromatic heterocycles. The second-order valence-corrected chi connectivity index (χ2v) is 5.74. The molecule has 2 fully saturated rings. The molecule has 1 aliphatic heterocycles. The number of carbonyl (C=O) groups is 1. The number of aliphatic hydroxyl groups is 1. The van der Waals surface area contributed by atoms with E-state index in [0.717, 1.165) is 12.8 Å². The first-order valence-corrected chi connectivity index (χ1v) is 6.92. The fraction of sp³-hybridized carbons (Fsp3) is 0.500. The Morgan fingerprint density at radius 3 is 2.71 bits per heavy atom. The highest BCUT2D eigenvalue weighted by Gasteiger charge is 2.43. The number of aliphatic hydroxyl groups excluding tert-OH is 1. The van der Waals surface area contributed by atoms with Crippen molar-refractivity contribution in [3.05, 3.63) is 33.9 Å². The molecule has 1 saturated heterocycles. The smallest absolute Gasteiger partial charge is 0.335 e. The van der Waals surface area contributed by atoms with Crippen LogP contribution in [0.1, 0.15) is 23.2 Å². The van der Waals surface area contributed by atoms with Crippen molar-refractivity contribution in [2.24, 2.45) is 11.8 Å². The van der Waals surface area contributed by atoms with Crippen molar-refractivity contribution in [1.29, 1.82) is 0 Å². The van der Waals surface area contributed by atoms with E-state index in [-0.39, 0.29) is 23.3 Å². The van der Waals surface area contributed by atoms with Crippen LogP contribution in [0.3, 0.4) is 0 Å². The maximum atomic E-state index is 11.2. The maximum Gasteiger partial charge on any atom is 0.335 e. The van der Waals surface area contributed by atoms with Gasteiger partial charge < -0.3 is 15.1 Å². The zero-order chi connectivity index (χ0) is 15.1. The minimum Gasteiger partial charge on any atom is -0.478 e. The fourth-order valence-electron chi connectivity index (χ4n) is 3.50. The van der Waals surface area contributed by atoms with Crippen molar-refractivity contribution < 1.29 is 19.9 Å². The number of carboxylic acid groups (broad SMARTS) is 1. The number of carboxylic acids is 1. The van der Waals surface area contributed by atoms with Gasteiger partial charge in [-0.1, -0.05) is 0 Å². The molecule has 1 heterocycles. The minimum atomic E-state index is -1.11. The van der Waals surface area contributed by atoms with Crippen LogP contribution in [0.25, 0.3) is 0 Å². The molecule has 21 heavy (non-hydrogen) atoms. The monoisotopic (exact) mass is 292 g/mol. The Morgan fingerprint density at radius 2 is 2.10 bits per heavy atom. The lowest BCUT2D eigenvalue weighted by atomic mass is 10.00. The van der Waals surface area contributed by atoms with E-state index < -0.39 is 10.9 Å². The summed E-state index contributed by atoms with van der Waals surface area (Å²) in [4.78, 5) is 23.6. The first-order chi connectivity index (χ1) is 9.97. The third kappa shape index (κ3) is 2.33. The van der Waals surface area contributed by atoms with Crippen molar-refractivity contribution in [2.75, 3.05) is 18.0 Å². The number of fused-ring (bicyclic) bond motifs is 1. The van der Waals surface area contributed by atoms with Crippen LogP contribution in [-0.2, 0) is 0 Å². The predicted molar refractivity (Wildman–Crippen MR) is 74.5 cm³/mol. The predicted octanol–water partition coefficient (Wildman–Crippen LogP) is 1.50. The van der Waals surface area contributed by atoms with E-state index in [9.17, 15) is 20.0 Å². The van der Waals surface area contributed by atoms with Crippen LogP contribution in [0.4, 0.5) is 11.4 Å². The summed E-state index contributed by atoms with van der Waals surface area (Å²) in [5, 5.41) is 30.1. The van der Waals surface area contributed by atoms with Gasteiger partial charge in [-0.2, -0.15) is 0 Å². The van der Waals surface area contributed by atoms with Crippen molar-refractivity contribution in [2.45, 2.75) is 18.9 Å².